The van der Waals surface area contributed by atoms with Crippen molar-refractivity contribution in [3.05, 3.63) is 23.5 Å². The summed E-state index contributed by atoms with van der Waals surface area (Å²) in [4.78, 5) is 23.4. The highest BCUT2D eigenvalue weighted by Crippen LogP contribution is 2.32. The van der Waals surface area contributed by atoms with Gasteiger partial charge in [-0.3, -0.25) is 4.79 Å². The van der Waals surface area contributed by atoms with Gasteiger partial charge in [0.2, 0.25) is 5.91 Å². The number of carbonyl (C=O) groups is 2. The Morgan fingerprint density at radius 2 is 1.89 bits per heavy atom. The molecule has 0 radical (unpaired) electrons. The van der Waals surface area contributed by atoms with Crippen molar-refractivity contribution in [3.63, 3.8) is 0 Å². The quantitative estimate of drug-likeness (QED) is 0.911. The number of alkyl halides is 3. The monoisotopic (exact) mass is 278 g/mol. The van der Waals surface area contributed by atoms with E-state index in [4.69, 9.17) is 5.11 Å². The zero-order valence-corrected chi connectivity index (χ0v) is 10.4. The van der Waals surface area contributed by atoms with Crippen LogP contribution in [0.2, 0.25) is 0 Å². The fourth-order valence-corrected chi connectivity index (χ4v) is 1.48. The van der Waals surface area contributed by atoms with Gasteiger partial charge in [-0.2, -0.15) is 13.2 Å². The van der Waals surface area contributed by atoms with Gasteiger partial charge < -0.3 is 14.6 Å². The third kappa shape index (κ3) is 3.73. The molecule has 1 aromatic rings. The highest BCUT2D eigenvalue weighted by molar-refractivity contribution is 5.89. The molecule has 1 amide bonds. The number of nitrogens with zero attached hydrogens (tertiary/aromatic N) is 2. The van der Waals surface area contributed by atoms with Crippen LogP contribution in [0.4, 0.5) is 13.2 Å². The van der Waals surface area contributed by atoms with Gasteiger partial charge in [0.25, 0.3) is 0 Å². The third-order valence-electron chi connectivity index (χ3n) is 2.50. The molecule has 1 aromatic heterocycles. The van der Waals surface area contributed by atoms with Crippen molar-refractivity contribution in [3.8, 4) is 0 Å². The number of carboxylic acid groups (broad SMARTS) is 1. The van der Waals surface area contributed by atoms with Crippen LogP contribution in [0.3, 0.4) is 0 Å². The van der Waals surface area contributed by atoms with E-state index in [2.05, 4.69) is 0 Å². The number of aryl methyl sites for hydroxylation is 1. The summed E-state index contributed by atoms with van der Waals surface area (Å²) in [5, 5.41) is 8.72. The summed E-state index contributed by atoms with van der Waals surface area (Å²) in [6.45, 7) is -0.00657. The van der Waals surface area contributed by atoms with Crippen molar-refractivity contribution >= 4 is 11.9 Å². The summed E-state index contributed by atoms with van der Waals surface area (Å²) in [6, 6.07) is 0. The van der Waals surface area contributed by atoms with Crippen LogP contribution in [-0.2, 0) is 17.5 Å². The predicted octanol–water partition coefficient (Wildman–Crippen LogP) is 1.68. The second-order valence-corrected chi connectivity index (χ2v) is 4.16. The van der Waals surface area contributed by atoms with E-state index in [1.807, 2.05) is 0 Å². The van der Waals surface area contributed by atoms with Gasteiger partial charge in [-0.1, -0.05) is 0 Å². The van der Waals surface area contributed by atoms with E-state index in [1.54, 1.807) is 0 Å². The molecule has 0 aliphatic carbocycles. The van der Waals surface area contributed by atoms with Crippen LogP contribution in [0, 0.1) is 0 Å². The number of carboxylic acids is 1. The Hall–Kier alpha value is -1.99. The SMILES string of the molecule is CN(C)C(=O)CCn1cc(C(=O)O)c(C(F)(F)F)c1. The van der Waals surface area contributed by atoms with E-state index in [0.717, 1.165) is 10.8 Å². The standard InChI is InChI=1S/C11H13F3N2O3/c1-15(2)9(17)3-4-16-5-7(10(18)19)8(6-16)11(12,13)14/h5-6H,3-4H2,1-2H3,(H,18,19). The molecule has 0 atom stereocenters. The van der Waals surface area contributed by atoms with Crippen molar-refractivity contribution in [2.45, 2.75) is 19.1 Å². The smallest absolute Gasteiger partial charge is 0.418 e. The lowest BCUT2D eigenvalue weighted by Crippen LogP contribution is -2.22. The van der Waals surface area contributed by atoms with Crippen LogP contribution in [0.5, 0.6) is 0 Å². The van der Waals surface area contributed by atoms with Gasteiger partial charge in [-0.25, -0.2) is 4.79 Å². The zero-order valence-electron chi connectivity index (χ0n) is 10.4. The largest absolute Gasteiger partial charge is 0.478 e. The lowest BCUT2D eigenvalue weighted by Gasteiger charge is -2.10. The molecule has 0 aliphatic heterocycles. The number of amides is 1. The first-order valence-corrected chi connectivity index (χ1v) is 5.33. The fraction of sp³-hybridized carbons (Fsp3) is 0.455. The lowest BCUT2D eigenvalue weighted by atomic mass is 10.2. The molecule has 0 unspecified atom stereocenters. The van der Waals surface area contributed by atoms with Crippen molar-refractivity contribution in [1.82, 2.24) is 9.47 Å². The highest BCUT2D eigenvalue weighted by Gasteiger charge is 2.36. The Morgan fingerprint density at radius 1 is 1.32 bits per heavy atom. The number of hydrogen-bond donors (Lipinski definition) is 1. The Labute approximate surface area is 107 Å². The van der Waals surface area contributed by atoms with Gasteiger partial charge in [-0.05, 0) is 0 Å². The topological polar surface area (TPSA) is 62.5 Å². The number of aromatic carboxylic acids is 1. The molecule has 0 saturated heterocycles. The molecule has 5 nitrogen and oxygen atoms in total. The Balaban J connectivity index is 2.93. The Bertz CT molecular complexity index is 492. The molecule has 1 N–H and O–H groups in total. The van der Waals surface area contributed by atoms with Gasteiger partial charge in [0.15, 0.2) is 0 Å². The molecule has 0 bridgehead atoms. The molecule has 19 heavy (non-hydrogen) atoms. The highest BCUT2D eigenvalue weighted by atomic mass is 19.4. The van der Waals surface area contributed by atoms with Crippen LogP contribution < -0.4 is 0 Å². The first kappa shape index (κ1) is 15.1. The van der Waals surface area contributed by atoms with E-state index in [1.165, 1.54) is 19.0 Å². The van der Waals surface area contributed by atoms with Crippen molar-refractivity contribution in [1.29, 1.82) is 0 Å². The molecular formula is C11H13F3N2O3. The van der Waals surface area contributed by atoms with Gasteiger partial charge in [0.05, 0.1) is 11.1 Å². The Morgan fingerprint density at radius 3 is 2.26 bits per heavy atom. The van der Waals surface area contributed by atoms with E-state index in [-0.39, 0.29) is 18.9 Å². The molecule has 1 heterocycles. The van der Waals surface area contributed by atoms with E-state index >= 15 is 0 Å². The molecule has 0 spiro atoms. The summed E-state index contributed by atoms with van der Waals surface area (Å²) in [7, 11) is 3.06. The first-order valence-electron chi connectivity index (χ1n) is 5.33. The van der Waals surface area contributed by atoms with E-state index in [0.29, 0.717) is 6.20 Å². The molecule has 0 fully saturated rings. The second-order valence-electron chi connectivity index (χ2n) is 4.16. The maximum absolute atomic E-state index is 12.6. The van der Waals surface area contributed by atoms with Crippen LogP contribution in [0.25, 0.3) is 0 Å². The normalized spacial score (nSPS) is 11.4. The van der Waals surface area contributed by atoms with E-state index < -0.39 is 23.3 Å². The molecule has 8 heteroatoms. The minimum absolute atomic E-state index is 0.00195. The molecule has 0 aromatic carbocycles. The predicted molar refractivity (Wildman–Crippen MR) is 59.7 cm³/mol. The van der Waals surface area contributed by atoms with Crippen molar-refractivity contribution in [2.75, 3.05) is 14.1 Å². The number of hydrogen-bond acceptors (Lipinski definition) is 2. The number of rotatable bonds is 4. The summed E-state index contributed by atoms with van der Waals surface area (Å²) in [6.07, 6.45) is -3.15. The molecule has 0 saturated carbocycles. The minimum atomic E-state index is -4.73. The van der Waals surface area contributed by atoms with Crippen LogP contribution in [0.15, 0.2) is 12.4 Å². The molecule has 1 rings (SSSR count). The van der Waals surface area contributed by atoms with Crippen LogP contribution in [0.1, 0.15) is 22.3 Å². The number of carbonyl (C=O) groups excluding carboxylic acids is 1. The van der Waals surface area contributed by atoms with Crippen molar-refractivity contribution < 1.29 is 27.9 Å². The third-order valence-corrected chi connectivity index (χ3v) is 2.50. The summed E-state index contributed by atoms with van der Waals surface area (Å²) >= 11 is 0. The maximum Gasteiger partial charge on any atom is 0.418 e. The van der Waals surface area contributed by atoms with Crippen molar-refractivity contribution in [2.24, 2.45) is 0 Å². The number of halogens is 3. The fourth-order valence-electron chi connectivity index (χ4n) is 1.48. The second kappa shape index (κ2) is 5.33. The minimum Gasteiger partial charge on any atom is -0.478 e. The maximum atomic E-state index is 12.6. The Kier molecular flexibility index (Phi) is 4.23. The van der Waals surface area contributed by atoms with Gasteiger partial charge >= 0.3 is 12.1 Å². The summed E-state index contributed by atoms with van der Waals surface area (Å²) < 4.78 is 38.9. The van der Waals surface area contributed by atoms with E-state index in [9.17, 15) is 22.8 Å². The first-order chi connectivity index (χ1) is 8.62. The molecular weight excluding hydrogens is 265 g/mol. The zero-order chi connectivity index (χ0) is 14.8. The summed E-state index contributed by atoms with van der Waals surface area (Å²) in [5.74, 6) is -1.90. The van der Waals surface area contributed by atoms with Gasteiger partial charge in [0, 0.05) is 39.5 Å². The van der Waals surface area contributed by atoms with Crippen LogP contribution >= 0.6 is 0 Å². The lowest BCUT2D eigenvalue weighted by molar-refractivity contribution is -0.138. The molecule has 0 aliphatic rings. The summed E-state index contributed by atoms with van der Waals surface area (Å²) in [5.41, 5.74) is -2.03. The van der Waals surface area contributed by atoms with Crippen LogP contribution in [-0.4, -0.2) is 40.5 Å². The van der Waals surface area contributed by atoms with Gasteiger partial charge in [0.1, 0.15) is 0 Å². The number of aromatic nitrogens is 1. The van der Waals surface area contributed by atoms with Gasteiger partial charge in [-0.15, -0.1) is 0 Å². The average molecular weight is 278 g/mol. The average Bonchev–Trinajstić information content (AvgIpc) is 2.69. The molecule has 106 valence electrons.